The fourth-order valence-electron chi connectivity index (χ4n) is 1.17. The summed E-state index contributed by atoms with van der Waals surface area (Å²) in [5.74, 6) is 5.97. The van der Waals surface area contributed by atoms with Gasteiger partial charge in [0.2, 0.25) is 0 Å². The summed E-state index contributed by atoms with van der Waals surface area (Å²) >= 11 is 3.84. The van der Waals surface area contributed by atoms with E-state index in [2.05, 4.69) is 33.8 Å². The van der Waals surface area contributed by atoms with Crippen LogP contribution in [0.3, 0.4) is 0 Å². The van der Waals surface area contributed by atoms with E-state index in [9.17, 15) is 0 Å². The van der Waals surface area contributed by atoms with E-state index < -0.39 is 0 Å². The van der Waals surface area contributed by atoms with Gasteiger partial charge in [0.05, 0.1) is 5.75 Å². The van der Waals surface area contributed by atoms with E-state index in [1.807, 2.05) is 29.8 Å². The summed E-state index contributed by atoms with van der Waals surface area (Å²) in [6.45, 7) is 8.98. The SMILES string of the molecule is CC(C)CSCc1cc(SCC(C)C)co1. The van der Waals surface area contributed by atoms with Gasteiger partial charge in [-0.1, -0.05) is 27.7 Å². The smallest absolute Gasteiger partial charge is 0.114 e. The zero-order valence-corrected chi connectivity index (χ0v) is 12.3. The Morgan fingerprint density at radius 1 is 1.12 bits per heavy atom. The van der Waals surface area contributed by atoms with Gasteiger partial charge in [0, 0.05) is 10.6 Å². The molecule has 1 nitrogen and oxygen atoms in total. The summed E-state index contributed by atoms with van der Waals surface area (Å²) in [6, 6.07) is 2.18. The molecule has 0 aliphatic rings. The summed E-state index contributed by atoms with van der Waals surface area (Å²) < 4.78 is 5.54. The van der Waals surface area contributed by atoms with Gasteiger partial charge in [-0.3, -0.25) is 0 Å². The van der Waals surface area contributed by atoms with Crippen molar-refractivity contribution in [1.82, 2.24) is 0 Å². The Morgan fingerprint density at radius 2 is 1.81 bits per heavy atom. The van der Waals surface area contributed by atoms with Gasteiger partial charge in [-0.05, 0) is 23.7 Å². The lowest BCUT2D eigenvalue weighted by atomic mass is 10.3. The molecule has 92 valence electrons. The predicted molar refractivity (Wildman–Crippen MR) is 75.3 cm³/mol. The van der Waals surface area contributed by atoms with Crippen LogP contribution in [-0.4, -0.2) is 11.5 Å². The molecule has 0 saturated heterocycles. The molecule has 0 bridgehead atoms. The summed E-state index contributed by atoms with van der Waals surface area (Å²) in [7, 11) is 0. The van der Waals surface area contributed by atoms with Crippen molar-refractivity contribution in [3.8, 4) is 0 Å². The first-order valence-corrected chi connectivity index (χ1v) is 8.00. The van der Waals surface area contributed by atoms with Crippen LogP contribution >= 0.6 is 23.5 Å². The molecule has 0 saturated carbocycles. The van der Waals surface area contributed by atoms with Gasteiger partial charge in [0.1, 0.15) is 12.0 Å². The topological polar surface area (TPSA) is 13.1 Å². The van der Waals surface area contributed by atoms with E-state index >= 15 is 0 Å². The van der Waals surface area contributed by atoms with Crippen LogP contribution < -0.4 is 0 Å². The molecule has 1 heterocycles. The lowest BCUT2D eigenvalue weighted by molar-refractivity contribution is 0.526. The first-order valence-electron chi connectivity index (χ1n) is 5.86. The van der Waals surface area contributed by atoms with Gasteiger partial charge >= 0.3 is 0 Å². The Kier molecular flexibility index (Phi) is 6.44. The zero-order valence-electron chi connectivity index (χ0n) is 10.7. The third-order valence-electron chi connectivity index (χ3n) is 1.91. The summed E-state index contributed by atoms with van der Waals surface area (Å²) in [6.07, 6.45) is 1.89. The Bertz CT molecular complexity index is 292. The fourth-order valence-corrected chi connectivity index (χ4v) is 2.97. The molecule has 1 rings (SSSR count). The van der Waals surface area contributed by atoms with E-state index in [4.69, 9.17) is 4.42 Å². The number of furan rings is 1. The first kappa shape index (κ1) is 14.0. The Labute approximate surface area is 108 Å². The normalized spacial score (nSPS) is 11.6. The van der Waals surface area contributed by atoms with Gasteiger partial charge in [-0.15, -0.1) is 11.8 Å². The molecule has 0 aliphatic heterocycles. The number of hydrogen-bond acceptors (Lipinski definition) is 3. The summed E-state index contributed by atoms with van der Waals surface area (Å²) in [5, 5.41) is 0. The molecule has 3 heteroatoms. The molecule has 0 N–H and O–H groups in total. The second-order valence-corrected chi connectivity index (χ2v) is 6.99. The molecule has 16 heavy (non-hydrogen) atoms. The van der Waals surface area contributed by atoms with Crippen LogP contribution in [0.25, 0.3) is 0 Å². The number of thioether (sulfide) groups is 2. The molecule has 0 unspecified atom stereocenters. The van der Waals surface area contributed by atoms with Crippen molar-refractivity contribution in [3.05, 3.63) is 18.1 Å². The van der Waals surface area contributed by atoms with Crippen molar-refractivity contribution >= 4 is 23.5 Å². The van der Waals surface area contributed by atoms with E-state index in [1.165, 1.54) is 10.6 Å². The second kappa shape index (κ2) is 7.33. The van der Waals surface area contributed by atoms with Crippen molar-refractivity contribution in [2.75, 3.05) is 11.5 Å². The molecule has 1 aromatic heterocycles. The number of hydrogen-bond donors (Lipinski definition) is 0. The first-order chi connectivity index (χ1) is 7.58. The van der Waals surface area contributed by atoms with E-state index in [1.54, 1.807) is 0 Å². The maximum Gasteiger partial charge on any atom is 0.114 e. The van der Waals surface area contributed by atoms with Crippen LogP contribution in [0.5, 0.6) is 0 Å². The minimum Gasteiger partial charge on any atom is -0.467 e. The van der Waals surface area contributed by atoms with Gasteiger partial charge in [0.25, 0.3) is 0 Å². The second-order valence-electron chi connectivity index (χ2n) is 4.86. The zero-order chi connectivity index (χ0) is 12.0. The lowest BCUT2D eigenvalue weighted by Crippen LogP contribution is -1.90. The maximum atomic E-state index is 5.54. The highest BCUT2D eigenvalue weighted by Crippen LogP contribution is 2.25. The molecule has 0 aromatic carbocycles. The van der Waals surface area contributed by atoms with Crippen LogP contribution in [0, 0.1) is 11.8 Å². The molecule has 0 radical (unpaired) electrons. The largest absolute Gasteiger partial charge is 0.467 e. The van der Waals surface area contributed by atoms with Crippen molar-refractivity contribution in [2.45, 2.75) is 38.3 Å². The molecule has 0 amide bonds. The molecular weight excluding hydrogens is 236 g/mol. The fraction of sp³-hybridized carbons (Fsp3) is 0.692. The average Bonchev–Trinajstić information content (AvgIpc) is 2.62. The minimum atomic E-state index is 0.735. The third kappa shape index (κ3) is 5.90. The van der Waals surface area contributed by atoms with Crippen molar-refractivity contribution in [2.24, 2.45) is 11.8 Å². The summed E-state index contributed by atoms with van der Waals surface area (Å²) in [5.41, 5.74) is 0. The molecular formula is C13H22OS2. The van der Waals surface area contributed by atoms with Gasteiger partial charge in [0.15, 0.2) is 0 Å². The molecule has 0 atom stereocenters. The average molecular weight is 258 g/mol. The Morgan fingerprint density at radius 3 is 2.44 bits per heavy atom. The molecule has 1 aromatic rings. The summed E-state index contributed by atoms with van der Waals surface area (Å²) in [4.78, 5) is 1.27. The van der Waals surface area contributed by atoms with Gasteiger partial charge in [-0.2, -0.15) is 11.8 Å². The van der Waals surface area contributed by atoms with Crippen molar-refractivity contribution in [3.63, 3.8) is 0 Å². The number of rotatable bonds is 7. The van der Waals surface area contributed by atoms with Crippen LogP contribution in [0.1, 0.15) is 33.5 Å². The molecule has 0 spiro atoms. The van der Waals surface area contributed by atoms with Crippen molar-refractivity contribution in [1.29, 1.82) is 0 Å². The van der Waals surface area contributed by atoms with Crippen LogP contribution in [0.4, 0.5) is 0 Å². The highest BCUT2D eigenvalue weighted by atomic mass is 32.2. The van der Waals surface area contributed by atoms with E-state index in [0.29, 0.717) is 0 Å². The van der Waals surface area contributed by atoms with Crippen molar-refractivity contribution < 1.29 is 4.42 Å². The quantitative estimate of drug-likeness (QED) is 0.645. The van der Waals surface area contributed by atoms with Crippen LogP contribution in [0.2, 0.25) is 0 Å². The lowest BCUT2D eigenvalue weighted by Gasteiger charge is -2.01. The third-order valence-corrected chi connectivity index (χ3v) is 4.68. The molecule has 0 aliphatic carbocycles. The van der Waals surface area contributed by atoms with Crippen LogP contribution in [0.15, 0.2) is 21.6 Å². The predicted octanol–water partition coefficient (Wildman–Crippen LogP) is 4.92. The monoisotopic (exact) mass is 258 g/mol. The van der Waals surface area contributed by atoms with E-state index in [-0.39, 0.29) is 0 Å². The minimum absolute atomic E-state index is 0.735. The highest BCUT2D eigenvalue weighted by Gasteiger charge is 2.04. The van der Waals surface area contributed by atoms with Gasteiger partial charge < -0.3 is 4.42 Å². The van der Waals surface area contributed by atoms with E-state index in [0.717, 1.165) is 29.1 Å². The molecule has 0 fully saturated rings. The Hall–Kier alpha value is -0.0200. The van der Waals surface area contributed by atoms with Gasteiger partial charge in [-0.25, -0.2) is 0 Å². The Balaban J connectivity index is 2.28. The van der Waals surface area contributed by atoms with Crippen LogP contribution in [-0.2, 0) is 5.75 Å². The highest BCUT2D eigenvalue weighted by molar-refractivity contribution is 7.99. The standard InChI is InChI=1S/C13H22OS2/c1-10(2)7-15-9-12-5-13(6-14-12)16-8-11(3)4/h5-6,10-11H,7-9H2,1-4H3. The maximum absolute atomic E-state index is 5.54.